The summed E-state index contributed by atoms with van der Waals surface area (Å²) in [6, 6.07) is 0.951. The minimum atomic E-state index is -1.35. The highest BCUT2D eigenvalue weighted by Gasteiger charge is 2.22. The van der Waals surface area contributed by atoms with Crippen LogP contribution in [0.1, 0.15) is 43.0 Å². The lowest BCUT2D eigenvalue weighted by Crippen LogP contribution is -2.32. The number of carboxylic acid groups (broad SMARTS) is 1. The van der Waals surface area contributed by atoms with Gasteiger partial charge in [-0.05, 0) is 44.7 Å². The minimum Gasteiger partial charge on any atom is -0.478 e. The smallest absolute Gasteiger partial charge is 0.337 e. The van der Waals surface area contributed by atoms with Crippen LogP contribution in [0.2, 0.25) is 5.02 Å². The van der Waals surface area contributed by atoms with Crippen molar-refractivity contribution in [3.8, 4) is 0 Å². The van der Waals surface area contributed by atoms with Crippen LogP contribution in [-0.4, -0.2) is 29.7 Å². The van der Waals surface area contributed by atoms with E-state index >= 15 is 0 Å². The summed E-state index contributed by atoms with van der Waals surface area (Å²) in [6.07, 6.45) is 2.55. The number of carbonyl (C=O) groups excluding carboxylic acids is 2. The van der Waals surface area contributed by atoms with E-state index in [0.29, 0.717) is 24.1 Å². The van der Waals surface area contributed by atoms with Gasteiger partial charge in [0.25, 0.3) is 0 Å². The lowest BCUT2D eigenvalue weighted by Gasteiger charge is -2.20. The van der Waals surface area contributed by atoms with Crippen molar-refractivity contribution in [2.45, 2.75) is 32.6 Å². The van der Waals surface area contributed by atoms with Gasteiger partial charge in [-0.15, -0.1) is 0 Å². The van der Waals surface area contributed by atoms with Crippen LogP contribution in [-0.2, 0) is 9.53 Å². The first kappa shape index (κ1) is 19.7. The summed E-state index contributed by atoms with van der Waals surface area (Å²) in [5.41, 5.74) is 0.127. The summed E-state index contributed by atoms with van der Waals surface area (Å²) in [5, 5.41) is 13.5. The molecule has 0 radical (unpaired) electrons. The Bertz CT molecular complexity index is 779. The number of benzene rings is 1. The second kappa shape index (κ2) is 8.66. The van der Waals surface area contributed by atoms with Gasteiger partial charge in [0.15, 0.2) is 0 Å². The van der Waals surface area contributed by atoms with E-state index in [1.54, 1.807) is 6.92 Å². The third-order valence-corrected chi connectivity index (χ3v) is 4.10. The molecule has 1 aromatic rings. The minimum absolute atomic E-state index is 0.218. The van der Waals surface area contributed by atoms with Crippen molar-refractivity contribution >= 4 is 35.3 Å². The quantitative estimate of drug-likeness (QED) is 0.671. The number of aromatic carboxylic acids is 1. The number of allylic oxidation sites excluding steroid dienone is 1. The summed E-state index contributed by atoms with van der Waals surface area (Å²) in [5.74, 6) is -2.72. The molecular formula is C17H18ClFN2O5. The van der Waals surface area contributed by atoms with Crippen molar-refractivity contribution in [1.29, 1.82) is 0 Å². The topological polar surface area (TPSA) is 105 Å². The Balaban J connectivity index is 2.18. The fraction of sp³-hybridized carbons (Fsp3) is 0.353. The van der Waals surface area contributed by atoms with Crippen molar-refractivity contribution in [1.82, 2.24) is 5.32 Å². The third kappa shape index (κ3) is 4.72. The largest absolute Gasteiger partial charge is 0.478 e. The lowest BCUT2D eigenvalue weighted by atomic mass is 9.96. The van der Waals surface area contributed by atoms with E-state index in [1.165, 1.54) is 0 Å². The van der Waals surface area contributed by atoms with E-state index in [4.69, 9.17) is 21.4 Å². The first-order valence-corrected chi connectivity index (χ1v) is 8.40. The Morgan fingerprint density at radius 3 is 2.58 bits per heavy atom. The molecule has 26 heavy (non-hydrogen) atoms. The third-order valence-electron chi connectivity index (χ3n) is 3.79. The zero-order chi connectivity index (χ0) is 19.3. The van der Waals surface area contributed by atoms with E-state index in [9.17, 15) is 18.8 Å². The molecule has 0 heterocycles. The van der Waals surface area contributed by atoms with Crippen LogP contribution < -0.4 is 10.6 Å². The molecule has 0 bridgehead atoms. The Morgan fingerprint density at radius 2 is 1.92 bits per heavy atom. The number of hydrogen-bond acceptors (Lipinski definition) is 4. The molecule has 0 aliphatic heterocycles. The van der Waals surface area contributed by atoms with E-state index in [1.807, 2.05) is 0 Å². The number of hydrogen-bond donors (Lipinski definition) is 3. The fourth-order valence-electron chi connectivity index (χ4n) is 2.59. The van der Waals surface area contributed by atoms with Crippen molar-refractivity contribution in [2.75, 3.05) is 11.9 Å². The number of urea groups is 1. The van der Waals surface area contributed by atoms with Crippen LogP contribution in [0.15, 0.2) is 23.4 Å². The maximum Gasteiger partial charge on any atom is 0.337 e. The van der Waals surface area contributed by atoms with Gasteiger partial charge >= 0.3 is 18.0 Å². The van der Waals surface area contributed by atoms with Gasteiger partial charge < -0.3 is 20.5 Å². The van der Waals surface area contributed by atoms with Crippen LogP contribution in [0.25, 0.3) is 0 Å². The molecule has 0 fully saturated rings. The van der Waals surface area contributed by atoms with Gasteiger partial charge in [0.2, 0.25) is 0 Å². The molecule has 1 aliphatic carbocycles. The van der Waals surface area contributed by atoms with Crippen LogP contribution in [0.5, 0.6) is 0 Å². The van der Waals surface area contributed by atoms with Gasteiger partial charge in [0.1, 0.15) is 5.82 Å². The van der Waals surface area contributed by atoms with Crippen molar-refractivity contribution in [2.24, 2.45) is 0 Å². The Hall–Kier alpha value is -2.61. The first-order chi connectivity index (χ1) is 12.3. The second-order valence-electron chi connectivity index (χ2n) is 5.58. The van der Waals surface area contributed by atoms with Crippen LogP contribution in [0.4, 0.5) is 14.9 Å². The molecule has 0 saturated heterocycles. The number of carbonyl (C=O) groups is 3. The summed E-state index contributed by atoms with van der Waals surface area (Å²) in [6.45, 7) is 1.90. The maximum atomic E-state index is 13.9. The number of rotatable bonds is 5. The highest BCUT2D eigenvalue weighted by molar-refractivity contribution is 6.33. The summed E-state index contributed by atoms with van der Waals surface area (Å²) < 4.78 is 18.9. The van der Waals surface area contributed by atoms with Gasteiger partial charge in [0, 0.05) is 5.70 Å². The standard InChI is InChI=1S/C17H18ClFN2O5/c1-2-26-16(24)9-5-3-4-6-13(9)20-17(25)21-14-7-10(15(22)23)11(18)8-12(14)19/h7-8H,2-6H2,1H3,(H,22,23)(H2,20,21,25). The average molecular weight is 385 g/mol. The molecule has 0 atom stereocenters. The predicted octanol–water partition coefficient (Wildman–Crippen LogP) is 3.69. The van der Waals surface area contributed by atoms with Gasteiger partial charge in [-0.2, -0.15) is 0 Å². The number of esters is 1. The summed E-state index contributed by atoms with van der Waals surface area (Å²) in [4.78, 5) is 35.2. The SMILES string of the molecule is CCOC(=O)C1=C(NC(=O)Nc2cc(C(=O)O)c(Cl)cc2F)CCCC1. The van der Waals surface area contributed by atoms with E-state index in [-0.39, 0.29) is 22.9 Å². The lowest BCUT2D eigenvalue weighted by molar-refractivity contribution is -0.138. The second-order valence-corrected chi connectivity index (χ2v) is 5.99. The predicted molar refractivity (Wildman–Crippen MR) is 92.7 cm³/mol. The number of halogens is 2. The van der Waals surface area contributed by atoms with E-state index < -0.39 is 23.8 Å². The zero-order valence-corrected chi connectivity index (χ0v) is 14.8. The molecule has 1 aromatic carbocycles. The molecular weight excluding hydrogens is 367 g/mol. The first-order valence-electron chi connectivity index (χ1n) is 8.03. The highest BCUT2D eigenvalue weighted by Crippen LogP contribution is 2.26. The summed E-state index contributed by atoms with van der Waals surface area (Å²) >= 11 is 5.66. The Labute approximate surface area is 154 Å². The average Bonchev–Trinajstić information content (AvgIpc) is 2.57. The molecule has 1 aliphatic rings. The number of ether oxygens (including phenoxy) is 1. The van der Waals surface area contributed by atoms with Crippen molar-refractivity contribution < 1.29 is 28.6 Å². The fourth-order valence-corrected chi connectivity index (χ4v) is 2.82. The van der Waals surface area contributed by atoms with Gasteiger partial charge in [0.05, 0.1) is 28.5 Å². The van der Waals surface area contributed by atoms with Gasteiger partial charge in [-0.3, -0.25) is 0 Å². The number of anilines is 1. The molecule has 2 rings (SSSR count). The van der Waals surface area contributed by atoms with Crippen molar-refractivity contribution in [3.05, 3.63) is 39.8 Å². The van der Waals surface area contributed by atoms with Gasteiger partial charge in [-0.25, -0.2) is 18.8 Å². The molecule has 2 amide bonds. The number of carboxylic acids is 1. The van der Waals surface area contributed by atoms with Crippen LogP contribution >= 0.6 is 11.6 Å². The molecule has 0 unspecified atom stereocenters. The van der Waals surface area contributed by atoms with E-state index in [2.05, 4.69) is 10.6 Å². The molecule has 9 heteroatoms. The zero-order valence-electron chi connectivity index (χ0n) is 14.0. The van der Waals surface area contributed by atoms with Crippen LogP contribution in [0.3, 0.4) is 0 Å². The monoisotopic (exact) mass is 384 g/mol. The molecule has 0 spiro atoms. The van der Waals surface area contributed by atoms with Gasteiger partial charge in [-0.1, -0.05) is 11.6 Å². The van der Waals surface area contributed by atoms with Crippen molar-refractivity contribution in [3.63, 3.8) is 0 Å². The van der Waals surface area contributed by atoms with E-state index in [0.717, 1.165) is 25.0 Å². The Morgan fingerprint density at radius 1 is 1.23 bits per heavy atom. The molecule has 140 valence electrons. The molecule has 0 saturated carbocycles. The molecule has 3 N–H and O–H groups in total. The number of amides is 2. The molecule has 0 aromatic heterocycles. The highest BCUT2D eigenvalue weighted by atomic mass is 35.5. The molecule has 7 nitrogen and oxygen atoms in total. The normalized spacial score (nSPS) is 14.0. The number of nitrogens with one attached hydrogen (secondary N) is 2. The maximum absolute atomic E-state index is 13.9. The van der Waals surface area contributed by atoms with Crippen LogP contribution in [0, 0.1) is 5.82 Å². The Kier molecular flexibility index (Phi) is 6.57. The summed E-state index contributed by atoms with van der Waals surface area (Å²) in [7, 11) is 0.